The highest BCUT2D eigenvalue weighted by atomic mass is 16.5. The number of allylic oxidation sites excluding steroid dienone is 3. The van der Waals surface area contributed by atoms with Gasteiger partial charge in [0.2, 0.25) is 0 Å². The number of nitrogens with one attached hydrogen (secondary N) is 1. The normalized spacial score (nSPS) is 19.4. The lowest BCUT2D eigenvalue weighted by Gasteiger charge is -2.37. The molecule has 0 saturated carbocycles. The number of methoxy groups -OCH3 is 2. The van der Waals surface area contributed by atoms with Crippen molar-refractivity contribution in [1.29, 1.82) is 0 Å². The summed E-state index contributed by atoms with van der Waals surface area (Å²) in [6.07, 6.45) is 1.60. The van der Waals surface area contributed by atoms with Crippen LogP contribution in [0.15, 0.2) is 71.1 Å². The summed E-state index contributed by atoms with van der Waals surface area (Å²) in [6, 6.07) is 14.6. The summed E-state index contributed by atoms with van der Waals surface area (Å²) in [6.45, 7) is 4.05. The smallest absolute Gasteiger partial charge is 0.337 e. The minimum absolute atomic E-state index is 0.0324. The lowest BCUT2D eigenvalue weighted by Crippen LogP contribution is -2.36. The van der Waals surface area contributed by atoms with Gasteiger partial charge < -0.3 is 19.5 Å². The van der Waals surface area contributed by atoms with Crippen LogP contribution >= 0.6 is 0 Å². The molecule has 0 radical (unpaired) electrons. The van der Waals surface area contributed by atoms with Crippen molar-refractivity contribution in [3.8, 4) is 5.75 Å². The molecule has 0 amide bonds. The van der Waals surface area contributed by atoms with E-state index >= 15 is 0 Å². The zero-order valence-corrected chi connectivity index (χ0v) is 21.1. The first-order valence-electron chi connectivity index (χ1n) is 12.1. The van der Waals surface area contributed by atoms with Gasteiger partial charge >= 0.3 is 11.9 Å². The first-order valence-corrected chi connectivity index (χ1v) is 12.1. The van der Waals surface area contributed by atoms with Gasteiger partial charge in [-0.1, -0.05) is 37.3 Å². The second-order valence-electron chi connectivity index (χ2n) is 9.01. The SMILES string of the molecule is CCCOC(=O)C1=C(C)NC2=C(C(=O)CC(c3ccccc3OC)C2)C1c1ccc(C(=O)OC)cc1. The Kier molecular flexibility index (Phi) is 7.58. The Labute approximate surface area is 211 Å². The van der Waals surface area contributed by atoms with Crippen LogP contribution < -0.4 is 10.1 Å². The van der Waals surface area contributed by atoms with E-state index in [9.17, 15) is 14.4 Å². The Bertz CT molecular complexity index is 1240. The predicted octanol–water partition coefficient (Wildman–Crippen LogP) is 4.80. The zero-order chi connectivity index (χ0) is 25.8. The van der Waals surface area contributed by atoms with Crippen LogP contribution in [0.25, 0.3) is 0 Å². The average molecular weight is 490 g/mol. The predicted molar refractivity (Wildman–Crippen MR) is 135 cm³/mol. The van der Waals surface area contributed by atoms with E-state index in [0.717, 1.165) is 22.6 Å². The van der Waals surface area contributed by atoms with Crippen LogP contribution in [-0.4, -0.2) is 38.5 Å². The minimum Gasteiger partial charge on any atom is -0.496 e. The van der Waals surface area contributed by atoms with Gasteiger partial charge in [-0.3, -0.25) is 4.79 Å². The van der Waals surface area contributed by atoms with Gasteiger partial charge in [-0.2, -0.15) is 0 Å². The number of esters is 2. The Morgan fingerprint density at radius 3 is 2.39 bits per heavy atom. The molecule has 2 atom stereocenters. The zero-order valence-electron chi connectivity index (χ0n) is 21.1. The number of para-hydroxylation sites is 1. The summed E-state index contributed by atoms with van der Waals surface area (Å²) in [7, 11) is 2.95. The maximum atomic E-state index is 13.7. The molecule has 1 aliphatic carbocycles. The van der Waals surface area contributed by atoms with Crippen molar-refractivity contribution in [1.82, 2.24) is 5.32 Å². The Balaban J connectivity index is 1.78. The quantitative estimate of drug-likeness (QED) is 0.559. The lowest BCUT2D eigenvalue weighted by atomic mass is 9.71. The van der Waals surface area contributed by atoms with Gasteiger partial charge in [0.15, 0.2) is 5.78 Å². The molecule has 0 fully saturated rings. The second-order valence-corrected chi connectivity index (χ2v) is 9.01. The van der Waals surface area contributed by atoms with Crippen molar-refractivity contribution >= 4 is 17.7 Å². The summed E-state index contributed by atoms with van der Waals surface area (Å²) < 4.78 is 15.9. The van der Waals surface area contributed by atoms with Crippen molar-refractivity contribution in [3.63, 3.8) is 0 Å². The number of rotatable bonds is 7. The maximum Gasteiger partial charge on any atom is 0.337 e. The molecular weight excluding hydrogens is 458 g/mol. The van der Waals surface area contributed by atoms with Crippen molar-refractivity contribution in [3.05, 3.63) is 87.8 Å². The number of ketones is 1. The number of carbonyl (C=O) groups excluding carboxylic acids is 3. The molecule has 188 valence electrons. The molecule has 7 heteroatoms. The van der Waals surface area contributed by atoms with E-state index in [0.29, 0.717) is 48.3 Å². The highest BCUT2D eigenvalue weighted by Crippen LogP contribution is 2.46. The van der Waals surface area contributed by atoms with Gasteiger partial charge in [0.05, 0.1) is 32.0 Å². The molecule has 2 aliphatic rings. The molecule has 0 spiro atoms. The van der Waals surface area contributed by atoms with Crippen molar-refractivity contribution < 1.29 is 28.6 Å². The van der Waals surface area contributed by atoms with E-state index < -0.39 is 17.9 Å². The van der Waals surface area contributed by atoms with Crippen LogP contribution in [0.1, 0.15) is 66.4 Å². The second kappa shape index (κ2) is 10.8. The van der Waals surface area contributed by atoms with Crippen LogP contribution in [0.5, 0.6) is 5.75 Å². The number of carbonyl (C=O) groups is 3. The molecule has 1 heterocycles. The van der Waals surface area contributed by atoms with E-state index in [1.807, 2.05) is 38.1 Å². The highest BCUT2D eigenvalue weighted by molar-refractivity contribution is 6.04. The minimum atomic E-state index is -0.594. The first kappa shape index (κ1) is 25.2. The van der Waals surface area contributed by atoms with Gasteiger partial charge in [0.25, 0.3) is 0 Å². The maximum absolute atomic E-state index is 13.7. The standard InChI is InChI=1S/C29H31NO6/c1-5-14-36-29(33)25-17(2)30-22-15-20(21-8-6-7-9-24(21)34-3)16-23(31)27(22)26(25)18-10-12-19(13-11-18)28(32)35-4/h6-13,20,26,30H,5,14-16H2,1-4H3. The number of hydrogen-bond acceptors (Lipinski definition) is 7. The number of dihydropyridines is 1. The number of benzene rings is 2. The molecule has 36 heavy (non-hydrogen) atoms. The molecular formula is C29H31NO6. The van der Waals surface area contributed by atoms with Crippen LogP contribution in [-0.2, 0) is 19.1 Å². The van der Waals surface area contributed by atoms with Crippen molar-refractivity contribution in [2.24, 2.45) is 0 Å². The van der Waals surface area contributed by atoms with E-state index in [1.165, 1.54) is 7.11 Å². The monoisotopic (exact) mass is 489 g/mol. The van der Waals surface area contributed by atoms with Gasteiger partial charge in [0.1, 0.15) is 5.75 Å². The van der Waals surface area contributed by atoms with Crippen molar-refractivity contribution in [2.75, 3.05) is 20.8 Å². The van der Waals surface area contributed by atoms with Gasteiger partial charge in [0, 0.05) is 35.2 Å². The van der Waals surface area contributed by atoms with Crippen LogP contribution in [0.3, 0.4) is 0 Å². The van der Waals surface area contributed by atoms with Crippen molar-refractivity contribution in [2.45, 2.75) is 44.9 Å². The Hall–Kier alpha value is -3.87. The Morgan fingerprint density at radius 2 is 1.72 bits per heavy atom. The first-order chi connectivity index (χ1) is 17.4. The van der Waals surface area contributed by atoms with E-state index in [4.69, 9.17) is 14.2 Å². The summed E-state index contributed by atoms with van der Waals surface area (Å²) in [5.74, 6) is -0.826. The van der Waals surface area contributed by atoms with Gasteiger partial charge in [-0.15, -0.1) is 0 Å². The molecule has 7 nitrogen and oxygen atoms in total. The molecule has 2 aromatic rings. The van der Waals surface area contributed by atoms with Crippen LogP contribution in [0, 0.1) is 0 Å². The average Bonchev–Trinajstić information content (AvgIpc) is 2.90. The summed E-state index contributed by atoms with van der Waals surface area (Å²) in [4.78, 5) is 38.9. The Morgan fingerprint density at radius 1 is 1.00 bits per heavy atom. The van der Waals surface area contributed by atoms with Gasteiger partial charge in [-0.05, 0) is 49.1 Å². The fraction of sp³-hybridized carbons (Fsp3) is 0.345. The van der Waals surface area contributed by atoms with E-state index in [-0.39, 0.29) is 11.7 Å². The summed E-state index contributed by atoms with van der Waals surface area (Å²) in [5.41, 5.74) is 4.56. The number of Topliss-reactive ketones (excluding diaryl/α,β-unsaturated/α-hetero) is 1. The molecule has 4 rings (SSSR count). The van der Waals surface area contributed by atoms with Crippen LogP contribution in [0.2, 0.25) is 0 Å². The molecule has 0 bridgehead atoms. The fourth-order valence-electron chi connectivity index (χ4n) is 5.07. The largest absolute Gasteiger partial charge is 0.496 e. The summed E-state index contributed by atoms with van der Waals surface area (Å²) >= 11 is 0. The molecule has 0 aromatic heterocycles. The topological polar surface area (TPSA) is 90.9 Å². The third-order valence-corrected chi connectivity index (χ3v) is 6.73. The van der Waals surface area contributed by atoms with Gasteiger partial charge in [-0.25, -0.2) is 9.59 Å². The molecule has 1 aliphatic heterocycles. The highest BCUT2D eigenvalue weighted by Gasteiger charge is 2.41. The third-order valence-electron chi connectivity index (χ3n) is 6.73. The number of hydrogen-bond donors (Lipinski definition) is 1. The molecule has 1 N–H and O–H groups in total. The van der Waals surface area contributed by atoms with E-state index in [1.54, 1.807) is 31.4 Å². The third kappa shape index (κ3) is 4.78. The van der Waals surface area contributed by atoms with Crippen LogP contribution in [0.4, 0.5) is 0 Å². The fourth-order valence-corrected chi connectivity index (χ4v) is 5.07. The molecule has 2 aromatic carbocycles. The van der Waals surface area contributed by atoms with E-state index in [2.05, 4.69) is 5.32 Å². The summed E-state index contributed by atoms with van der Waals surface area (Å²) in [5, 5.41) is 3.35. The molecule has 0 saturated heterocycles. The lowest BCUT2D eigenvalue weighted by molar-refractivity contribution is -0.139. The molecule has 2 unspecified atom stereocenters. The number of ether oxygens (including phenoxy) is 3.